The van der Waals surface area contributed by atoms with E-state index in [-0.39, 0.29) is 17.6 Å². The van der Waals surface area contributed by atoms with Crippen LogP contribution in [0.15, 0.2) is 59.4 Å². The predicted molar refractivity (Wildman–Crippen MR) is 100 cm³/mol. The Morgan fingerprint density at radius 3 is 2.70 bits per heavy atom. The van der Waals surface area contributed by atoms with Crippen LogP contribution in [0.4, 0.5) is 0 Å². The number of carbonyl (C=O) groups is 1. The van der Waals surface area contributed by atoms with Crippen LogP contribution in [0, 0.1) is 0 Å². The number of nitrogens with zero attached hydrogens (tertiary/aromatic N) is 4. The summed E-state index contributed by atoms with van der Waals surface area (Å²) in [7, 11) is 0. The summed E-state index contributed by atoms with van der Waals surface area (Å²) >= 11 is 0. The van der Waals surface area contributed by atoms with Gasteiger partial charge in [-0.25, -0.2) is 0 Å². The average Bonchev–Trinajstić information content (AvgIpc) is 2.74. The molecule has 1 fully saturated rings. The quantitative estimate of drug-likeness (QED) is 0.710. The van der Waals surface area contributed by atoms with Crippen LogP contribution in [0.5, 0.6) is 0 Å². The SMILES string of the molecule is C[C@H](C(=O)N1CCO[C@@H](c2ccccc2)C1)n1nnc2ccccc2c1=O. The molecule has 7 nitrogen and oxygen atoms in total. The lowest BCUT2D eigenvalue weighted by atomic mass is 10.1. The van der Waals surface area contributed by atoms with Crippen molar-refractivity contribution >= 4 is 16.8 Å². The first-order valence-electron chi connectivity index (χ1n) is 8.95. The number of amides is 1. The van der Waals surface area contributed by atoms with Gasteiger partial charge in [0.1, 0.15) is 17.7 Å². The maximum absolute atomic E-state index is 13.0. The molecule has 2 aromatic carbocycles. The molecule has 0 N–H and O–H groups in total. The molecule has 0 bridgehead atoms. The number of ether oxygens (including phenoxy) is 1. The molecule has 3 aromatic rings. The third-order valence-corrected chi connectivity index (χ3v) is 4.87. The Labute approximate surface area is 156 Å². The zero-order chi connectivity index (χ0) is 18.8. The van der Waals surface area contributed by atoms with Gasteiger partial charge in [-0.3, -0.25) is 9.59 Å². The third kappa shape index (κ3) is 3.33. The average molecular weight is 364 g/mol. The summed E-state index contributed by atoms with van der Waals surface area (Å²) in [5, 5.41) is 8.50. The van der Waals surface area contributed by atoms with E-state index in [1.165, 1.54) is 0 Å². The van der Waals surface area contributed by atoms with E-state index >= 15 is 0 Å². The van der Waals surface area contributed by atoms with Gasteiger partial charge in [-0.1, -0.05) is 47.7 Å². The lowest BCUT2D eigenvalue weighted by Crippen LogP contribution is -2.46. The van der Waals surface area contributed by atoms with E-state index in [9.17, 15) is 9.59 Å². The summed E-state index contributed by atoms with van der Waals surface area (Å²) in [6.45, 7) is 3.07. The first kappa shape index (κ1) is 17.4. The highest BCUT2D eigenvalue weighted by atomic mass is 16.5. The molecule has 0 radical (unpaired) electrons. The second-order valence-electron chi connectivity index (χ2n) is 6.59. The lowest BCUT2D eigenvalue weighted by Gasteiger charge is -2.34. The number of morpholine rings is 1. The van der Waals surface area contributed by atoms with Crippen LogP contribution >= 0.6 is 0 Å². The Kier molecular flexibility index (Phi) is 4.68. The third-order valence-electron chi connectivity index (χ3n) is 4.87. The Morgan fingerprint density at radius 2 is 1.89 bits per heavy atom. The second-order valence-corrected chi connectivity index (χ2v) is 6.59. The number of hydrogen-bond acceptors (Lipinski definition) is 5. The van der Waals surface area contributed by atoms with Crippen LogP contribution in [-0.2, 0) is 9.53 Å². The molecule has 7 heteroatoms. The molecule has 1 saturated heterocycles. The number of carbonyl (C=O) groups excluding carboxylic acids is 1. The van der Waals surface area contributed by atoms with Crippen molar-refractivity contribution in [1.29, 1.82) is 0 Å². The van der Waals surface area contributed by atoms with E-state index in [1.54, 1.807) is 36.1 Å². The van der Waals surface area contributed by atoms with Gasteiger partial charge in [-0.05, 0) is 24.6 Å². The summed E-state index contributed by atoms with van der Waals surface area (Å²) in [6, 6.07) is 16.1. The van der Waals surface area contributed by atoms with E-state index < -0.39 is 6.04 Å². The number of rotatable bonds is 3. The second kappa shape index (κ2) is 7.28. The van der Waals surface area contributed by atoms with Crippen molar-refractivity contribution in [2.45, 2.75) is 19.1 Å². The maximum atomic E-state index is 13.0. The molecule has 0 unspecified atom stereocenters. The van der Waals surface area contributed by atoms with Gasteiger partial charge in [-0.15, -0.1) is 5.10 Å². The molecule has 1 aliphatic heterocycles. The first-order chi connectivity index (χ1) is 13.1. The standard InChI is InChI=1S/C20H20N4O3/c1-14(24-20(26)16-9-5-6-10-17(16)21-22-24)19(25)23-11-12-27-18(13-23)15-7-3-2-4-8-15/h2-10,14,18H,11-13H2,1H3/t14-,18-/m1/s1. The van der Waals surface area contributed by atoms with Crippen molar-refractivity contribution in [2.24, 2.45) is 0 Å². The fourth-order valence-corrected chi connectivity index (χ4v) is 3.34. The minimum absolute atomic E-state index is 0.161. The monoisotopic (exact) mass is 364 g/mol. The minimum Gasteiger partial charge on any atom is -0.370 e. The summed E-state index contributed by atoms with van der Waals surface area (Å²) < 4.78 is 6.99. The zero-order valence-electron chi connectivity index (χ0n) is 15.0. The van der Waals surface area contributed by atoms with Gasteiger partial charge < -0.3 is 9.64 Å². The fourth-order valence-electron chi connectivity index (χ4n) is 3.34. The van der Waals surface area contributed by atoms with Crippen LogP contribution in [0.3, 0.4) is 0 Å². The summed E-state index contributed by atoms with van der Waals surface area (Å²) in [4.78, 5) is 27.4. The number of benzene rings is 2. The highest BCUT2D eigenvalue weighted by Crippen LogP contribution is 2.23. The van der Waals surface area contributed by atoms with Gasteiger partial charge >= 0.3 is 0 Å². The Hall–Kier alpha value is -3.06. The van der Waals surface area contributed by atoms with Crippen LogP contribution in [0.1, 0.15) is 24.6 Å². The molecule has 1 amide bonds. The van der Waals surface area contributed by atoms with Crippen molar-refractivity contribution in [2.75, 3.05) is 19.7 Å². The summed E-state index contributed by atoms with van der Waals surface area (Å²) in [6.07, 6.45) is -0.171. The van der Waals surface area contributed by atoms with E-state index in [4.69, 9.17) is 4.74 Å². The Morgan fingerprint density at radius 1 is 1.15 bits per heavy atom. The van der Waals surface area contributed by atoms with Gasteiger partial charge in [0.25, 0.3) is 5.56 Å². The molecule has 0 aliphatic carbocycles. The molecular formula is C20H20N4O3. The van der Waals surface area contributed by atoms with Gasteiger partial charge in [0.2, 0.25) is 5.91 Å². The van der Waals surface area contributed by atoms with E-state index in [1.807, 2.05) is 30.3 Å². The molecule has 0 spiro atoms. The van der Waals surface area contributed by atoms with Crippen molar-refractivity contribution in [3.63, 3.8) is 0 Å². The van der Waals surface area contributed by atoms with Crippen molar-refractivity contribution < 1.29 is 9.53 Å². The van der Waals surface area contributed by atoms with Gasteiger partial charge in [0.15, 0.2) is 0 Å². The molecule has 27 heavy (non-hydrogen) atoms. The minimum atomic E-state index is -0.732. The van der Waals surface area contributed by atoms with Crippen molar-refractivity contribution in [3.8, 4) is 0 Å². The Balaban J connectivity index is 1.57. The fraction of sp³-hybridized carbons (Fsp3) is 0.300. The Bertz CT molecular complexity index is 1020. The molecule has 1 aromatic heterocycles. The number of aromatic nitrogens is 3. The number of hydrogen-bond donors (Lipinski definition) is 0. The largest absolute Gasteiger partial charge is 0.370 e. The molecule has 2 atom stereocenters. The zero-order valence-corrected chi connectivity index (χ0v) is 15.0. The van der Waals surface area contributed by atoms with Gasteiger partial charge in [0, 0.05) is 6.54 Å². The topological polar surface area (TPSA) is 77.3 Å². The van der Waals surface area contributed by atoms with Crippen molar-refractivity contribution in [1.82, 2.24) is 19.9 Å². The van der Waals surface area contributed by atoms with Crippen molar-refractivity contribution in [3.05, 3.63) is 70.5 Å². The molecular weight excluding hydrogens is 344 g/mol. The maximum Gasteiger partial charge on any atom is 0.278 e. The normalized spacial score (nSPS) is 18.4. The molecule has 1 aliphatic rings. The van der Waals surface area contributed by atoms with Gasteiger partial charge in [-0.2, -0.15) is 4.68 Å². The molecule has 0 saturated carbocycles. The van der Waals surface area contributed by atoms with Crippen LogP contribution in [0.25, 0.3) is 10.9 Å². The van der Waals surface area contributed by atoms with Gasteiger partial charge in [0.05, 0.1) is 18.5 Å². The van der Waals surface area contributed by atoms with E-state index in [0.29, 0.717) is 30.6 Å². The highest BCUT2D eigenvalue weighted by molar-refractivity contribution is 5.81. The summed E-state index contributed by atoms with van der Waals surface area (Å²) in [5.74, 6) is -0.161. The predicted octanol–water partition coefficient (Wildman–Crippen LogP) is 1.95. The number of fused-ring (bicyclic) bond motifs is 1. The molecule has 4 rings (SSSR count). The molecule has 2 heterocycles. The van der Waals surface area contributed by atoms with E-state index in [2.05, 4.69) is 10.3 Å². The van der Waals surface area contributed by atoms with E-state index in [0.717, 1.165) is 10.2 Å². The smallest absolute Gasteiger partial charge is 0.278 e. The first-order valence-corrected chi connectivity index (χ1v) is 8.95. The highest BCUT2D eigenvalue weighted by Gasteiger charge is 2.30. The van der Waals surface area contributed by atoms with Crippen LogP contribution in [0.2, 0.25) is 0 Å². The van der Waals surface area contributed by atoms with Crippen LogP contribution in [-0.4, -0.2) is 45.5 Å². The van der Waals surface area contributed by atoms with Crippen LogP contribution < -0.4 is 5.56 Å². The molecule has 138 valence electrons. The lowest BCUT2D eigenvalue weighted by molar-refractivity contribution is -0.142. The summed E-state index contributed by atoms with van der Waals surface area (Å²) in [5.41, 5.74) is 1.24.